The van der Waals surface area contributed by atoms with Crippen LogP contribution in [0.25, 0.3) is 0 Å². The van der Waals surface area contributed by atoms with Crippen LogP contribution in [0.3, 0.4) is 0 Å². The molecule has 2 rings (SSSR count). The summed E-state index contributed by atoms with van der Waals surface area (Å²) in [4.78, 5) is 25.6. The molecule has 6 nitrogen and oxygen atoms in total. The van der Waals surface area contributed by atoms with Crippen LogP contribution in [-0.4, -0.2) is 22.0 Å². The van der Waals surface area contributed by atoms with E-state index in [9.17, 15) is 14.9 Å². The number of ether oxygens (including phenoxy) is 1. The number of esters is 1. The molecule has 0 saturated heterocycles. The summed E-state index contributed by atoms with van der Waals surface area (Å²) in [6, 6.07) is 1.16. The zero-order chi connectivity index (χ0) is 13.1. The number of pyridine rings is 1. The van der Waals surface area contributed by atoms with E-state index in [1.54, 1.807) is 0 Å². The number of hydrogen-bond donors (Lipinski definition) is 0. The molecule has 0 N–H and O–H groups in total. The first-order valence-corrected chi connectivity index (χ1v) is 5.96. The molecule has 96 valence electrons. The van der Waals surface area contributed by atoms with Gasteiger partial charge in [-0.3, -0.25) is 10.1 Å². The van der Waals surface area contributed by atoms with Crippen molar-refractivity contribution >= 4 is 23.3 Å². The van der Waals surface area contributed by atoms with Crippen molar-refractivity contribution in [2.24, 2.45) is 0 Å². The molecule has 1 aromatic rings. The Kier molecular flexibility index (Phi) is 3.76. The summed E-state index contributed by atoms with van der Waals surface area (Å²) in [5.74, 6) is -0.710. The molecule has 0 radical (unpaired) electrons. The van der Waals surface area contributed by atoms with Gasteiger partial charge in [-0.15, -0.1) is 0 Å². The normalized spacial score (nSPS) is 15.6. The number of carbonyl (C=O) groups is 1. The third kappa shape index (κ3) is 2.76. The van der Waals surface area contributed by atoms with Crippen molar-refractivity contribution < 1.29 is 14.5 Å². The minimum Gasteiger partial charge on any atom is -0.459 e. The van der Waals surface area contributed by atoms with Gasteiger partial charge < -0.3 is 4.74 Å². The quantitative estimate of drug-likeness (QED) is 0.365. The number of hydrogen-bond acceptors (Lipinski definition) is 5. The van der Waals surface area contributed by atoms with E-state index >= 15 is 0 Å². The lowest BCUT2D eigenvalue weighted by molar-refractivity contribution is -0.385. The molecule has 7 heteroatoms. The summed E-state index contributed by atoms with van der Waals surface area (Å²) < 4.78 is 5.21. The molecule has 0 bridgehead atoms. The molecule has 0 unspecified atom stereocenters. The van der Waals surface area contributed by atoms with Crippen LogP contribution in [-0.2, 0) is 4.74 Å². The maximum atomic E-state index is 11.9. The highest BCUT2D eigenvalue weighted by Crippen LogP contribution is 2.25. The topological polar surface area (TPSA) is 82.3 Å². The number of aromatic nitrogens is 1. The van der Waals surface area contributed by atoms with Crippen LogP contribution in [0.1, 0.15) is 36.0 Å². The summed E-state index contributed by atoms with van der Waals surface area (Å²) in [6.07, 6.45) is 4.45. The molecule has 1 aromatic heterocycles. The Bertz CT molecular complexity index is 486. The van der Waals surface area contributed by atoms with E-state index in [4.69, 9.17) is 16.3 Å². The van der Waals surface area contributed by atoms with E-state index in [2.05, 4.69) is 4.98 Å². The molecule has 0 aliphatic heterocycles. The van der Waals surface area contributed by atoms with Crippen LogP contribution in [0, 0.1) is 10.1 Å². The molecule has 1 fully saturated rings. The van der Waals surface area contributed by atoms with Crippen molar-refractivity contribution in [1.82, 2.24) is 4.98 Å². The average molecular weight is 271 g/mol. The van der Waals surface area contributed by atoms with E-state index in [0.29, 0.717) is 0 Å². The SMILES string of the molecule is O=C(OC1CCCC1)c1cc(Cl)ncc1[N+](=O)[O-]. The van der Waals surface area contributed by atoms with Crippen LogP contribution in [0.5, 0.6) is 0 Å². The lowest BCUT2D eigenvalue weighted by atomic mass is 10.2. The van der Waals surface area contributed by atoms with Gasteiger partial charge in [-0.2, -0.15) is 0 Å². The Morgan fingerprint density at radius 1 is 1.50 bits per heavy atom. The van der Waals surface area contributed by atoms with Crippen LogP contribution >= 0.6 is 11.6 Å². The summed E-state index contributed by atoms with van der Waals surface area (Å²) in [5, 5.41) is 10.8. The summed E-state index contributed by atoms with van der Waals surface area (Å²) >= 11 is 5.64. The fourth-order valence-corrected chi connectivity index (χ4v) is 2.11. The lowest BCUT2D eigenvalue weighted by Gasteiger charge is -2.11. The second-order valence-corrected chi connectivity index (χ2v) is 4.48. The van der Waals surface area contributed by atoms with Gasteiger partial charge in [-0.05, 0) is 31.7 Å². The van der Waals surface area contributed by atoms with Gasteiger partial charge in [-0.25, -0.2) is 9.78 Å². The first-order chi connectivity index (χ1) is 8.58. The largest absolute Gasteiger partial charge is 0.459 e. The number of carbonyl (C=O) groups excluding carboxylic acids is 1. The molecule has 1 aliphatic rings. The van der Waals surface area contributed by atoms with Crippen molar-refractivity contribution in [3.05, 3.63) is 33.1 Å². The number of nitrogens with zero attached hydrogens (tertiary/aromatic N) is 2. The van der Waals surface area contributed by atoms with Crippen molar-refractivity contribution in [2.75, 3.05) is 0 Å². The Hall–Kier alpha value is -1.69. The molecule has 0 atom stereocenters. The summed E-state index contributed by atoms with van der Waals surface area (Å²) in [7, 11) is 0. The van der Waals surface area contributed by atoms with E-state index in [-0.39, 0.29) is 22.5 Å². The number of rotatable bonds is 3. The number of nitro groups is 1. The van der Waals surface area contributed by atoms with Crippen molar-refractivity contribution in [3.63, 3.8) is 0 Å². The minimum atomic E-state index is -0.710. The third-order valence-corrected chi connectivity index (χ3v) is 3.05. The van der Waals surface area contributed by atoms with Crippen molar-refractivity contribution in [1.29, 1.82) is 0 Å². The predicted molar refractivity (Wildman–Crippen MR) is 63.6 cm³/mol. The van der Waals surface area contributed by atoms with Gasteiger partial charge in [0.1, 0.15) is 23.0 Å². The smallest absolute Gasteiger partial charge is 0.345 e. The maximum Gasteiger partial charge on any atom is 0.345 e. The first-order valence-electron chi connectivity index (χ1n) is 5.59. The highest BCUT2D eigenvalue weighted by Gasteiger charge is 2.26. The highest BCUT2D eigenvalue weighted by molar-refractivity contribution is 6.29. The average Bonchev–Trinajstić information content (AvgIpc) is 2.81. The van der Waals surface area contributed by atoms with E-state index < -0.39 is 10.9 Å². The highest BCUT2D eigenvalue weighted by atomic mass is 35.5. The van der Waals surface area contributed by atoms with Gasteiger partial charge in [-0.1, -0.05) is 11.6 Å². The molecule has 1 heterocycles. The Morgan fingerprint density at radius 3 is 2.78 bits per heavy atom. The van der Waals surface area contributed by atoms with E-state index in [0.717, 1.165) is 37.9 Å². The molecular formula is C11H11ClN2O4. The van der Waals surface area contributed by atoms with Crippen LogP contribution in [0.15, 0.2) is 12.3 Å². The van der Waals surface area contributed by atoms with Gasteiger partial charge in [0, 0.05) is 0 Å². The van der Waals surface area contributed by atoms with Crippen LogP contribution < -0.4 is 0 Å². The van der Waals surface area contributed by atoms with Gasteiger partial charge in [0.05, 0.1) is 4.92 Å². The summed E-state index contributed by atoms with van der Waals surface area (Å²) in [6.45, 7) is 0. The van der Waals surface area contributed by atoms with Gasteiger partial charge >= 0.3 is 11.7 Å². The Labute approximate surface area is 108 Å². The van der Waals surface area contributed by atoms with Gasteiger partial charge in [0.2, 0.25) is 0 Å². The zero-order valence-corrected chi connectivity index (χ0v) is 10.2. The molecule has 1 saturated carbocycles. The van der Waals surface area contributed by atoms with Gasteiger partial charge in [0.25, 0.3) is 0 Å². The molecular weight excluding hydrogens is 260 g/mol. The van der Waals surface area contributed by atoms with Crippen molar-refractivity contribution in [2.45, 2.75) is 31.8 Å². The van der Waals surface area contributed by atoms with Crippen LogP contribution in [0.4, 0.5) is 5.69 Å². The minimum absolute atomic E-state index is 0.0268. The second-order valence-electron chi connectivity index (χ2n) is 4.09. The van der Waals surface area contributed by atoms with E-state index in [1.807, 2.05) is 0 Å². The number of halogens is 1. The molecule has 1 aliphatic carbocycles. The third-order valence-electron chi connectivity index (χ3n) is 2.84. The van der Waals surface area contributed by atoms with Gasteiger partial charge in [0.15, 0.2) is 0 Å². The van der Waals surface area contributed by atoms with Crippen molar-refractivity contribution in [3.8, 4) is 0 Å². The second kappa shape index (κ2) is 5.30. The fourth-order valence-electron chi connectivity index (χ4n) is 1.95. The fraction of sp³-hybridized carbons (Fsp3) is 0.455. The molecule has 18 heavy (non-hydrogen) atoms. The molecule has 0 spiro atoms. The maximum absolute atomic E-state index is 11.9. The molecule has 0 amide bonds. The van der Waals surface area contributed by atoms with E-state index in [1.165, 1.54) is 0 Å². The Morgan fingerprint density at radius 2 is 2.17 bits per heavy atom. The Balaban J connectivity index is 2.22. The standard InChI is InChI=1S/C11H11ClN2O4/c12-10-5-8(9(6-13-10)14(16)17)11(15)18-7-3-1-2-4-7/h5-7H,1-4H2. The molecule has 0 aromatic carbocycles. The lowest BCUT2D eigenvalue weighted by Crippen LogP contribution is -2.16. The predicted octanol–water partition coefficient (Wildman–Crippen LogP) is 2.74. The zero-order valence-electron chi connectivity index (χ0n) is 9.47. The summed E-state index contributed by atoms with van der Waals surface area (Å²) in [5.41, 5.74) is -0.533. The van der Waals surface area contributed by atoms with Crippen LogP contribution in [0.2, 0.25) is 5.15 Å². The monoisotopic (exact) mass is 270 g/mol. The first kappa shape index (κ1) is 12.8.